The van der Waals surface area contributed by atoms with Crippen LogP contribution in [0, 0.1) is 5.92 Å². The fourth-order valence-corrected chi connectivity index (χ4v) is 3.20. The monoisotopic (exact) mass is 310 g/mol. The highest BCUT2D eigenvalue weighted by atomic mass is 16.5. The predicted molar refractivity (Wildman–Crippen MR) is 93.2 cm³/mol. The van der Waals surface area contributed by atoms with Gasteiger partial charge in [0.1, 0.15) is 0 Å². The van der Waals surface area contributed by atoms with Crippen molar-refractivity contribution < 1.29 is 4.74 Å². The lowest BCUT2D eigenvalue weighted by molar-refractivity contribution is 0.0372. The number of ether oxygens (including phenoxy) is 1. The molecule has 1 atom stereocenters. The minimum Gasteiger partial charge on any atom is -0.381 e. The molecule has 2 aromatic rings. The van der Waals surface area contributed by atoms with E-state index in [-0.39, 0.29) is 0 Å². The molecule has 3 heteroatoms. The van der Waals surface area contributed by atoms with Crippen LogP contribution in [-0.4, -0.2) is 36.2 Å². The Bertz CT molecular complexity index is 552. The molecule has 0 radical (unpaired) electrons. The number of benzene rings is 1. The fraction of sp³-hybridized carbons (Fsp3) is 0.450. The molecule has 122 valence electrons. The molecule has 0 amide bonds. The number of pyridine rings is 1. The maximum atomic E-state index is 5.65. The van der Waals surface area contributed by atoms with Gasteiger partial charge in [-0.1, -0.05) is 36.4 Å². The molecular formula is C20H26N2O. The Labute approximate surface area is 139 Å². The predicted octanol–water partition coefficient (Wildman–Crippen LogP) is 3.55. The highest BCUT2D eigenvalue weighted by Crippen LogP contribution is 2.16. The fourth-order valence-electron chi connectivity index (χ4n) is 3.20. The van der Waals surface area contributed by atoms with E-state index in [9.17, 15) is 0 Å². The summed E-state index contributed by atoms with van der Waals surface area (Å²) in [6, 6.07) is 16.9. The van der Waals surface area contributed by atoms with Crippen LogP contribution in [0.25, 0.3) is 0 Å². The van der Waals surface area contributed by atoms with Crippen molar-refractivity contribution in [3.63, 3.8) is 0 Å². The van der Waals surface area contributed by atoms with E-state index in [2.05, 4.69) is 52.3 Å². The van der Waals surface area contributed by atoms with Crippen LogP contribution in [0.5, 0.6) is 0 Å². The molecule has 1 fully saturated rings. The zero-order chi connectivity index (χ0) is 15.7. The van der Waals surface area contributed by atoms with Crippen LogP contribution in [0.4, 0.5) is 0 Å². The van der Waals surface area contributed by atoms with Gasteiger partial charge in [0, 0.05) is 32.4 Å². The second kappa shape index (κ2) is 8.80. The summed E-state index contributed by atoms with van der Waals surface area (Å²) in [7, 11) is 0. The van der Waals surface area contributed by atoms with Crippen LogP contribution < -0.4 is 0 Å². The van der Waals surface area contributed by atoms with Crippen molar-refractivity contribution in [2.45, 2.75) is 25.8 Å². The van der Waals surface area contributed by atoms with Crippen molar-refractivity contribution in [2.75, 3.05) is 26.3 Å². The van der Waals surface area contributed by atoms with Crippen molar-refractivity contribution >= 4 is 0 Å². The largest absolute Gasteiger partial charge is 0.381 e. The summed E-state index contributed by atoms with van der Waals surface area (Å²) in [4.78, 5) is 7.03. The van der Waals surface area contributed by atoms with Crippen molar-refractivity contribution in [1.82, 2.24) is 9.88 Å². The van der Waals surface area contributed by atoms with Gasteiger partial charge in [-0.05, 0) is 42.9 Å². The Hall–Kier alpha value is -1.71. The second-order valence-electron chi connectivity index (χ2n) is 6.37. The SMILES string of the molecule is c1ccc(CCN(Cc2ccccn2)C[C@H]2CCCOC2)cc1. The molecule has 23 heavy (non-hydrogen) atoms. The molecule has 0 saturated carbocycles. The Morgan fingerprint density at radius 3 is 2.70 bits per heavy atom. The van der Waals surface area contributed by atoms with Gasteiger partial charge in [-0.2, -0.15) is 0 Å². The molecule has 0 bridgehead atoms. The van der Waals surface area contributed by atoms with Crippen LogP contribution in [0.2, 0.25) is 0 Å². The first-order valence-electron chi connectivity index (χ1n) is 8.64. The summed E-state index contributed by atoms with van der Waals surface area (Å²) in [5.41, 5.74) is 2.55. The van der Waals surface area contributed by atoms with Gasteiger partial charge < -0.3 is 4.74 Å². The molecule has 2 heterocycles. The minimum absolute atomic E-state index is 0.656. The van der Waals surface area contributed by atoms with Gasteiger partial charge in [0.25, 0.3) is 0 Å². The average Bonchev–Trinajstić information content (AvgIpc) is 2.62. The molecule has 3 rings (SSSR count). The lowest BCUT2D eigenvalue weighted by atomic mass is 10.0. The Morgan fingerprint density at radius 2 is 1.96 bits per heavy atom. The van der Waals surface area contributed by atoms with E-state index in [1.807, 2.05) is 12.3 Å². The third-order valence-corrected chi connectivity index (χ3v) is 4.44. The summed E-state index contributed by atoms with van der Waals surface area (Å²) in [6.07, 6.45) is 5.44. The first-order valence-corrected chi connectivity index (χ1v) is 8.64. The van der Waals surface area contributed by atoms with Crippen molar-refractivity contribution in [1.29, 1.82) is 0 Å². The van der Waals surface area contributed by atoms with Gasteiger partial charge in [-0.25, -0.2) is 0 Å². The van der Waals surface area contributed by atoms with E-state index in [0.717, 1.165) is 45.0 Å². The molecule has 1 aliphatic heterocycles. The van der Waals surface area contributed by atoms with E-state index >= 15 is 0 Å². The molecular weight excluding hydrogens is 284 g/mol. The standard InChI is InChI=1S/C20H26N2O/c1-2-7-18(8-3-1)11-13-22(15-19-9-6-14-23-17-19)16-20-10-4-5-12-21-20/h1-5,7-8,10,12,19H,6,9,11,13-17H2/t19-/m1/s1. The molecule has 1 aromatic heterocycles. The van der Waals surface area contributed by atoms with E-state index < -0.39 is 0 Å². The third kappa shape index (κ3) is 5.45. The van der Waals surface area contributed by atoms with Crippen molar-refractivity contribution in [2.24, 2.45) is 5.92 Å². The molecule has 0 N–H and O–H groups in total. The van der Waals surface area contributed by atoms with E-state index in [0.29, 0.717) is 5.92 Å². The highest BCUT2D eigenvalue weighted by Gasteiger charge is 2.18. The van der Waals surface area contributed by atoms with E-state index in [1.54, 1.807) is 0 Å². The first kappa shape index (κ1) is 16.2. The number of nitrogens with zero attached hydrogens (tertiary/aromatic N) is 2. The molecule has 1 aliphatic rings. The summed E-state index contributed by atoms with van der Waals surface area (Å²) in [5.74, 6) is 0.656. The summed E-state index contributed by atoms with van der Waals surface area (Å²) in [6.45, 7) is 4.93. The van der Waals surface area contributed by atoms with Crippen LogP contribution in [0.1, 0.15) is 24.1 Å². The summed E-state index contributed by atoms with van der Waals surface area (Å²) < 4.78 is 5.65. The lowest BCUT2D eigenvalue weighted by Gasteiger charge is -2.29. The third-order valence-electron chi connectivity index (χ3n) is 4.44. The first-order chi connectivity index (χ1) is 11.4. The summed E-state index contributed by atoms with van der Waals surface area (Å²) in [5, 5.41) is 0. The molecule has 1 aromatic carbocycles. The average molecular weight is 310 g/mol. The van der Waals surface area contributed by atoms with Crippen molar-refractivity contribution in [3.8, 4) is 0 Å². The number of rotatable bonds is 7. The molecule has 0 spiro atoms. The molecule has 0 unspecified atom stereocenters. The summed E-state index contributed by atoms with van der Waals surface area (Å²) >= 11 is 0. The minimum atomic E-state index is 0.656. The Balaban J connectivity index is 1.60. The highest BCUT2D eigenvalue weighted by molar-refractivity contribution is 5.15. The van der Waals surface area contributed by atoms with Gasteiger partial charge in [0.15, 0.2) is 0 Å². The molecule has 1 saturated heterocycles. The van der Waals surface area contributed by atoms with Gasteiger partial charge in [0.2, 0.25) is 0 Å². The lowest BCUT2D eigenvalue weighted by Crippen LogP contribution is -2.34. The molecule has 0 aliphatic carbocycles. The number of hydrogen-bond acceptors (Lipinski definition) is 3. The van der Waals surface area contributed by atoms with E-state index in [1.165, 1.54) is 18.4 Å². The van der Waals surface area contributed by atoms with E-state index in [4.69, 9.17) is 4.74 Å². The number of aromatic nitrogens is 1. The topological polar surface area (TPSA) is 25.4 Å². The Morgan fingerprint density at radius 1 is 1.09 bits per heavy atom. The maximum Gasteiger partial charge on any atom is 0.0543 e. The van der Waals surface area contributed by atoms with Gasteiger partial charge in [-0.3, -0.25) is 9.88 Å². The zero-order valence-corrected chi connectivity index (χ0v) is 13.7. The quantitative estimate of drug-likeness (QED) is 0.782. The van der Waals surface area contributed by atoms with Crippen LogP contribution in [0.3, 0.4) is 0 Å². The van der Waals surface area contributed by atoms with Crippen molar-refractivity contribution in [3.05, 3.63) is 66.0 Å². The van der Waals surface area contributed by atoms with Gasteiger partial charge in [-0.15, -0.1) is 0 Å². The maximum absolute atomic E-state index is 5.65. The van der Waals surface area contributed by atoms with Crippen LogP contribution in [0.15, 0.2) is 54.7 Å². The smallest absolute Gasteiger partial charge is 0.0543 e. The Kier molecular flexibility index (Phi) is 6.18. The number of hydrogen-bond donors (Lipinski definition) is 0. The molecule has 3 nitrogen and oxygen atoms in total. The van der Waals surface area contributed by atoms with Crippen LogP contribution in [-0.2, 0) is 17.7 Å². The normalized spacial score (nSPS) is 18.2. The van der Waals surface area contributed by atoms with Crippen LogP contribution >= 0.6 is 0 Å². The zero-order valence-electron chi connectivity index (χ0n) is 13.7. The second-order valence-corrected chi connectivity index (χ2v) is 6.37. The van der Waals surface area contributed by atoms with Gasteiger partial charge >= 0.3 is 0 Å². The van der Waals surface area contributed by atoms with Gasteiger partial charge in [0.05, 0.1) is 12.3 Å².